The van der Waals surface area contributed by atoms with Gasteiger partial charge in [-0.1, -0.05) is 174 Å². The van der Waals surface area contributed by atoms with Crippen LogP contribution in [0.15, 0.2) is 103 Å². The number of para-hydroxylation sites is 1. The first-order valence-corrected chi connectivity index (χ1v) is 28.8. The lowest BCUT2D eigenvalue weighted by Crippen LogP contribution is -2.09. The van der Waals surface area contributed by atoms with Crippen LogP contribution in [0.2, 0.25) is 0 Å². The van der Waals surface area contributed by atoms with Gasteiger partial charge in [0.25, 0.3) is 0 Å². The molecule has 1 N–H and O–H groups in total. The van der Waals surface area contributed by atoms with E-state index >= 15 is 0 Å². The first kappa shape index (κ1) is 86.4. The molecule has 0 aliphatic heterocycles. The van der Waals surface area contributed by atoms with Crippen LogP contribution in [-0.4, -0.2) is 97.8 Å². The molecule has 7 rings (SSSR count). The van der Waals surface area contributed by atoms with Crippen LogP contribution in [0.3, 0.4) is 0 Å². The molecule has 0 radical (unpaired) electrons. The fraction of sp³-hybridized carbons (Fsp3) is 0.477. The van der Waals surface area contributed by atoms with E-state index < -0.39 is 0 Å². The molecule has 0 spiro atoms. The maximum Gasteiger partial charge on any atom is 0.319 e. The SMILES string of the molecule is C=C(C)C(C)=O.CC.CC.CC.CC.CC.CC.CC(=O)c1ccccc1.CCOCCOc1nc(C)nc(C)n1.CCOc1nc(C)nc(C)n1.Cc1ccccc1.Cc1nc(C)nc(C)n1.Cc1nc(C)nc(Nc2ccccc2)n1. The Labute approximate surface area is 502 Å². The Kier molecular flexibility index (Phi) is 62.7. The van der Waals surface area contributed by atoms with Gasteiger partial charge in [-0.15, -0.1) is 0 Å². The molecular weight excluding hydrogens is 1040 g/mol. The zero-order chi connectivity index (χ0) is 65.1. The average molecular weight is 1150 g/mol. The second-order valence-corrected chi connectivity index (χ2v) is 15.0. The second kappa shape index (κ2) is 60.2. The monoisotopic (exact) mass is 1150 g/mol. The summed E-state index contributed by atoms with van der Waals surface area (Å²) in [5.41, 5.74) is 3.69. The van der Waals surface area contributed by atoms with Crippen molar-refractivity contribution in [3.8, 4) is 12.0 Å². The zero-order valence-electron chi connectivity index (χ0n) is 56.1. The molecular formula is C65H107N13O5. The molecule has 0 fully saturated rings. The van der Waals surface area contributed by atoms with Crippen LogP contribution < -0.4 is 14.8 Å². The van der Waals surface area contributed by atoms with Crippen LogP contribution in [-0.2, 0) is 9.53 Å². The number of carbonyl (C=O) groups is 2. The number of ether oxygens (including phenoxy) is 3. The van der Waals surface area contributed by atoms with Crippen molar-refractivity contribution in [2.24, 2.45) is 0 Å². The van der Waals surface area contributed by atoms with Crippen molar-refractivity contribution >= 4 is 23.2 Å². The summed E-state index contributed by atoms with van der Waals surface area (Å²) in [5, 5.41) is 3.12. The molecule has 0 aliphatic rings. The summed E-state index contributed by atoms with van der Waals surface area (Å²) >= 11 is 0. The third-order valence-electron chi connectivity index (χ3n) is 8.19. The number of nitrogens with one attached hydrogen (secondary N) is 1. The van der Waals surface area contributed by atoms with E-state index in [0.29, 0.717) is 73.3 Å². The fourth-order valence-corrected chi connectivity index (χ4v) is 5.07. The number of ketones is 2. The van der Waals surface area contributed by atoms with E-state index in [9.17, 15) is 9.59 Å². The van der Waals surface area contributed by atoms with Gasteiger partial charge in [0.2, 0.25) is 5.95 Å². The molecule has 83 heavy (non-hydrogen) atoms. The topological polar surface area (TPSA) is 229 Å². The molecule has 0 unspecified atom stereocenters. The zero-order valence-corrected chi connectivity index (χ0v) is 56.1. The van der Waals surface area contributed by atoms with E-state index in [2.05, 4.69) is 90.8 Å². The number of hydrogen-bond acceptors (Lipinski definition) is 18. The minimum Gasteiger partial charge on any atom is -0.464 e. The van der Waals surface area contributed by atoms with Gasteiger partial charge in [-0.05, 0) is 122 Å². The number of nitrogens with zero attached hydrogens (tertiary/aromatic N) is 12. The minimum atomic E-state index is 0.0648. The Hall–Kier alpha value is -7.86. The predicted molar refractivity (Wildman–Crippen MR) is 346 cm³/mol. The highest BCUT2D eigenvalue weighted by Crippen LogP contribution is 2.11. The van der Waals surface area contributed by atoms with E-state index in [1.54, 1.807) is 13.8 Å². The number of rotatable bonds is 11. The highest BCUT2D eigenvalue weighted by atomic mass is 16.5. The van der Waals surface area contributed by atoms with Gasteiger partial charge in [0.05, 0.1) is 13.2 Å². The van der Waals surface area contributed by atoms with Crippen LogP contribution in [0.5, 0.6) is 12.0 Å². The molecule has 0 saturated carbocycles. The van der Waals surface area contributed by atoms with Crippen molar-refractivity contribution in [3.05, 3.63) is 167 Å². The number of aryl methyl sites for hydroxylation is 10. The Morgan fingerprint density at radius 1 is 0.398 bits per heavy atom. The molecule has 0 amide bonds. The van der Waals surface area contributed by atoms with Crippen molar-refractivity contribution in [2.75, 3.05) is 31.7 Å². The molecule has 0 saturated heterocycles. The Bertz CT molecular complexity index is 2500. The summed E-state index contributed by atoms with van der Waals surface area (Å²) in [5.74, 6) is 7.33. The third-order valence-corrected chi connectivity index (χ3v) is 8.19. The molecule has 4 aromatic heterocycles. The van der Waals surface area contributed by atoms with Crippen molar-refractivity contribution in [1.82, 2.24) is 59.8 Å². The number of Topliss-reactive ketones (excluding diaryl/α,β-unsaturated/α-hetero) is 2. The van der Waals surface area contributed by atoms with Gasteiger partial charge < -0.3 is 19.5 Å². The normalized spacial score (nSPS) is 8.57. The van der Waals surface area contributed by atoms with Crippen LogP contribution in [0.1, 0.15) is 186 Å². The van der Waals surface area contributed by atoms with Crippen LogP contribution in [0.25, 0.3) is 0 Å². The summed E-state index contributed by atoms with van der Waals surface area (Å²) < 4.78 is 15.5. The van der Waals surface area contributed by atoms with Gasteiger partial charge in [0, 0.05) is 17.9 Å². The molecule has 18 heteroatoms. The molecule has 3 aromatic carbocycles. The van der Waals surface area contributed by atoms with E-state index in [1.807, 2.05) is 238 Å². The van der Waals surface area contributed by atoms with Crippen LogP contribution in [0.4, 0.5) is 11.6 Å². The number of anilines is 2. The van der Waals surface area contributed by atoms with Crippen molar-refractivity contribution in [3.63, 3.8) is 0 Å². The van der Waals surface area contributed by atoms with Gasteiger partial charge in [-0.2, -0.15) is 29.9 Å². The number of benzene rings is 3. The van der Waals surface area contributed by atoms with Gasteiger partial charge in [-0.25, -0.2) is 29.9 Å². The fourth-order valence-electron chi connectivity index (χ4n) is 5.07. The van der Waals surface area contributed by atoms with Gasteiger partial charge in [-0.3, -0.25) is 9.59 Å². The first-order chi connectivity index (χ1) is 39.7. The molecule has 7 aromatic rings. The Morgan fingerprint density at radius 3 is 0.952 bits per heavy atom. The maximum atomic E-state index is 10.6. The highest BCUT2D eigenvalue weighted by Gasteiger charge is 2.03. The van der Waals surface area contributed by atoms with Crippen molar-refractivity contribution < 1.29 is 23.8 Å². The second-order valence-electron chi connectivity index (χ2n) is 15.0. The largest absolute Gasteiger partial charge is 0.464 e. The summed E-state index contributed by atoms with van der Waals surface area (Å²) in [6, 6.07) is 30.1. The molecule has 0 aliphatic carbocycles. The molecule has 0 bridgehead atoms. The number of hydrogen-bond donors (Lipinski definition) is 1. The highest BCUT2D eigenvalue weighted by molar-refractivity contribution is 5.93. The van der Waals surface area contributed by atoms with Crippen molar-refractivity contribution in [1.29, 1.82) is 0 Å². The smallest absolute Gasteiger partial charge is 0.319 e. The molecule has 18 nitrogen and oxygen atoms in total. The van der Waals surface area contributed by atoms with Crippen LogP contribution >= 0.6 is 0 Å². The first-order valence-electron chi connectivity index (χ1n) is 28.8. The lowest BCUT2D eigenvalue weighted by molar-refractivity contribution is -0.113. The Balaban J connectivity index is -0.000000205. The van der Waals surface area contributed by atoms with Crippen LogP contribution in [0, 0.1) is 69.2 Å². The molecule has 4 heterocycles. The summed E-state index contributed by atoms with van der Waals surface area (Å²) in [6.45, 7) is 56.9. The maximum absolute atomic E-state index is 10.6. The van der Waals surface area contributed by atoms with E-state index in [4.69, 9.17) is 14.2 Å². The molecule has 0 atom stereocenters. The van der Waals surface area contributed by atoms with Gasteiger partial charge >= 0.3 is 12.0 Å². The van der Waals surface area contributed by atoms with E-state index in [-0.39, 0.29) is 11.6 Å². The Morgan fingerprint density at radius 2 is 0.687 bits per heavy atom. The van der Waals surface area contributed by atoms with Crippen molar-refractivity contribution in [2.45, 2.75) is 187 Å². The lowest BCUT2D eigenvalue weighted by atomic mass is 10.2. The number of allylic oxidation sites excluding steroid dienone is 1. The van der Waals surface area contributed by atoms with Gasteiger partial charge in [0.15, 0.2) is 11.6 Å². The van der Waals surface area contributed by atoms with E-state index in [0.717, 1.165) is 40.4 Å². The number of aromatic nitrogens is 12. The third kappa shape index (κ3) is 53.2. The number of carbonyl (C=O) groups excluding carboxylic acids is 2. The minimum absolute atomic E-state index is 0.0648. The summed E-state index contributed by atoms with van der Waals surface area (Å²) in [4.78, 5) is 69.3. The summed E-state index contributed by atoms with van der Waals surface area (Å²) in [7, 11) is 0. The predicted octanol–water partition coefficient (Wildman–Crippen LogP) is 16.0. The standard InChI is InChI=1S/C11H12N4.C9H15N3O2.C8H8O.C7H11N3O.C7H8.C6H9N3.C5H8O.6C2H6/c1-8-12-9(2)14-11(13-8)15-10-6-4-3-5-7-10;1-4-13-5-6-14-9-11-7(2)10-8(3)12-9;1-7(9)8-5-3-2-4-6-8;1-4-11-7-9-5(2)8-6(3)10-7;1-7-5-3-2-4-6-7;1-4-7-5(2)9-6(3)8-4;1-4(2)5(3)6;6*1-2/h3-7H,1-2H3,(H,12,13,14,15);4-6H2,1-3H3;2-6H,1H3;4H2,1-3H3;2-6H,1H3;1-3H3;1H2,2-3H3;6*1-2H3. The van der Waals surface area contributed by atoms with E-state index in [1.165, 1.54) is 12.5 Å². The quantitative estimate of drug-likeness (QED) is 0.0721. The summed E-state index contributed by atoms with van der Waals surface area (Å²) in [6.07, 6.45) is 0. The lowest BCUT2D eigenvalue weighted by Gasteiger charge is -2.05. The molecule has 462 valence electrons. The average Bonchev–Trinajstić information content (AvgIpc) is 3.47. The van der Waals surface area contributed by atoms with Gasteiger partial charge in [0.1, 0.15) is 59.0 Å².